The first-order valence-electron chi connectivity index (χ1n) is 8.53. The number of carbonyl (C=O) groups is 1. The predicted octanol–water partition coefficient (Wildman–Crippen LogP) is 1.93. The van der Waals surface area contributed by atoms with E-state index in [1.165, 1.54) is 12.4 Å². The number of carbonyl (C=O) groups excluding carboxylic acids is 1. The van der Waals surface area contributed by atoms with Crippen molar-refractivity contribution >= 4 is 5.91 Å². The van der Waals surface area contributed by atoms with E-state index in [1.54, 1.807) is 4.90 Å². The second-order valence-corrected chi connectivity index (χ2v) is 6.02. The van der Waals surface area contributed by atoms with Gasteiger partial charge < -0.3 is 14.4 Å². The summed E-state index contributed by atoms with van der Waals surface area (Å²) < 4.78 is 11.3. The molecule has 134 valence electrons. The average molecular weight is 352 g/mol. The van der Waals surface area contributed by atoms with Crippen molar-refractivity contribution < 1.29 is 14.3 Å². The molecule has 1 fully saturated rings. The molecule has 0 radical (unpaired) electrons. The van der Waals surface area contributed by atoms with Crippen molar-refractivity contribution in [1.82, 2.24) is 14.9 Å². The SMILES string of the molecule is N#Cc1nccnc1O[C@@H]1CCCN(C(=O)COCc2ccccc2)C1. The molecule has 7 heteroatoms. The van der Waals surface area contributed by atoms with Gasteiger partial charge in [0.1, 0.15) is 18.8 Å². The lowest BCUT2D eigenvalue weighted by Crippen LogP contribution is -2.45. The Morgan fingerprint density at radius 1 is 1.27 bits per heavy atom. The molecule has 1 aromatic heterocycles. The quantitative estimate of drug-likeness (QED) is 0.789. The van der Waals surface area contributed by atoms with Gasteiger partial charge in [-0.2, -0.15) is 5.26 Å². The maximum Gasteiger partial charge on any atom is 0.251 e. The van der Waals surface area contributed by atoms with Gasteiger partial charge in [0.2, 0.25) is 11.6 Å². The Hall–Kier alpha value is -2.98. The number of ether oxygens (including phenoxy) is 2. The van der Waals surface area contributed by atoms with Crippen molar-refractivity contribution in [2.75, 3.05) is 19.7 Å². The molecule has 7 nitrogen and oxygen atoms in total. The summed E-state index contributed by atoms with van der Waals surface area (Å²) in [5.74, 6) is 0.156. The fraction of sp³-hybridized carbons (Fsp3) is 0.368. The van der Waals surface area contributed by atoms with E-state index in [2.05, 4.69) is 9.97 Å². The summed E-state index contributed by atoms with van der Waals surface area (Å²) >= 11 is 0. The van der Waals surface area contributed by atoms with E-state index >= 15 is 0 Å². The van der Waals surface area contributed by atoms with E-state index < -0.39 is 0 Å². The number of hydrogen-bond acceptors (Lipinski definition) is 6. The third-order valence-corrected chi connectivity index (χ3v) is 4.12. The Kier molecular flexibility index (Phi) is 6.12. The van der Waals surface area contributed by atoms with Gasteiger partial charge in [-0.1, -0.05) is 30.3 Å². The van der Waals surface area contributed by atoms with Gasteiger partial charge in [0.05, 0.1) is 13.2 Å². The minimum Gasteiger partial charge on any atom is -0.470 e. The van der Waals surface area contributed by atoms with Crippen LogP contribution < -0.4 is 4.74 Å². The molecule has 0 spiro atoms. The molecule has 1 aliphatic rings. The van der Waals surface area contributed by atoms with Crippen molar-refractivity contribution in [2.45, 2.75) is 25.6 Å². The molecule has 0 unspecified atom stereocenters. The lowest BCUT2D eigenvalue weighted by atomic mass is 10.1. The Balaban J connectivity index is 1.49. The van der Waals surface area contributed by atoms with Gasteiger partial charge >= 0.3 is 0 Å². The van der Waals surface area contributed by atoms with Crippen molar-refractivity contribution in [3.05, 3.63) is 54.0 Å². The number of piperidine rings is 1. The Bertz CT molecular complexity index is 776. The van der Waals surface area contributed by atoms with Gasteiger partial charge in [-0.3, -0.25) is 4.79 Å². The summed E-state index contributed by atoms with van der Waals surface area (Å²) in [6.45, 7) is 1.58. The number of rotatable bonds is 6. The van der Waals surface area contributed by atoms with E-state index in [9.17, 15) is 4.79 Å². The molecule has 3 rings (SSSR count). The molecule has 0 aliphatic carbocycles. The summed E-state index contributed by atoms with van der Waals surface area (Å²) in [6, 6.07) is 11.7. The standard InChI is InChI=1S/C19H20N4O3/c20-11-17-19(22-9-8-21-17)26-16-7-4-10-23(12-16)18(24)14-25-13-15-5-2-1-3-6-15/h1-3,5-6,8-9,16H,4,7,10,12-14H2/t16-/m1/s1. The zero-order valence-electron chi connectivity index (χ0n) is 14.4. The van der Waals surface area contributed by atoms with Crippen LogP contribution in [0, 0.1) is 11.3 Å². The van der Waals surface area contributed by atoms with E-state index in [0.29, 0.717) is 19.7 Å². The first-order valence-corrected chi connectivity index (χ1v) is 8.53. The average Bonchev–Trinajstić information content (AvgIpc) is 2.69. The van der Waals surface area contributed by atoms with Crippen LogP contribution in [0.5, 0.6) is 5.88 Å². The maximum atomic E-state index is 12.4. The van der Waals surface area contributed by atoms with Gasteiger partial charge in [-0.25, -0.2) is 9.97 Å². The van der Waals surface area contributed by atoms with Crippen LogP contribution in [0.4, 0.5) is 0 Å². The highest BCUT2D eigenvalue weighted by atomic mass is 16.5. The number of hydrogen-bond donors (Lipinski definition) is 0. The topological polar surface area (TPSA) is 88.3 Å². The fourth-order valence-corrected chi connectivity index (χ4v) is 2.83. The van der Waals surface area contributed by atoms with E-state index in [1.807, 2.05) is 36.4 Å². The smallest absolute Gasteiger partial charge is 0.251 e. The third-order valence-electron chi connectivity index (χ3n) is 4.12. The monoisotopic (exact) mass is 352 g/mol. The van der Waals surface area contributed by atoms with Crippen molar-refractivity contribution in [3.63, 3.8) is 0 Å². The Morgan fingerprint density at radius 3 is 2.88 bits per heavy atom. The highest BCUT2D eigenvalue weighted by Crippen LogP contribution is 2.18. The van der Waals surface area contributed by atoms with Crippen LogP contribution in [-0.4, -0.2) is 46.6 Å². The van der Waals surface area contributed by atoms with Crippen LogP contribution in [0.1, 0.15) is 24.1 Å². The summed E-state index contributed by atoms with van der Waals surface area (Å²) in [6.07, 6.45) is 4.37. The number of likely N-dealkylation sites (tertiary alicyclic amines) is 1. The van der Waals surface area contributed by atoms with Crippen LogP contribution in [-0.2, 0) is 16.1 Å². The summed E-state index contributed by atoms with van der Waals surface area (Å²) in [4.78, 5) is 22.1. The fourth-order valence-electron chi connectivity index (χ4n) is 2.83. The normalized spacial score (nSPS) is 16.7. The van der Waals surface area contributed by atoms with Crippen molar-refractivity contribution in [1.29, 1.82) is 5.26 Å². The van der Waals surface area contributed by atoms with E-state index in [4.69, 9.17) is 14.7 Å². The van der Waals surface area contributed by atoms with Crippen molar-refractivity contribution in [3.8, 4) is 11.9 Å². The van der Waals surface area contributed by atoms with Crippen LogP contribution in [0.2, 0.25) is 0 Å². The highest BCUT2D eigenvalue weighted by Gasteiger charge is 2.26. The van der Waals surface area contributed by atoms with Crippen LogP contribution >= 0.6 is 0 Å². The lowest BCUT2D eigenvalue weighted by molar-refractivity contribution is -0.139. The van der Waals surface area contributed by atoms with Crippen LogP contribution in [0.3, 0.4) is 0 Å². The Morgan fingerprint density at radius 2 is 2.08 bits per heavy atom. The second-order valence-electron chi connectivity index (χ2n) is 6.02. The summed E-state index contributed by atoms with van der Waals surface area (Å²) in [5, 5.41) is 9.07. The molecule has 2 aromatic rings. The van der Waals surface area contributed by atoms with Crippen LogP contribution in [0.25, 0.3) is 0 Å². The molecule has 1 saturated heterocycles. The van der Waals surface area contributed by atoms with E-state index in [0.717, 1.165) is 18.4 Å². The molecule has 0 N–H and O–H groups in total. The summed E-state index contributed by atoms with van der Waals surface area (Å²) in [5.41, 5.74) is 1.19. The van der Waals surface area contributed by atoms with Gasteiger partial charge in [-0.15, -0.1) is 0 Å². The minimum absolute atomic E-state index is 0.0379. The molecule has 0 saturated carbocycles. The molecular weight excluding hydrogens is 332 g/mol. The van der Waals surface area contributed by atoms with Gasteiger partial charge in [0.25, 0.3) is 5.88 Å². The van der Waals surface area contributed by atoms with Gasteiger partial charge in [0.15, 0.2) is 0 Å². The number of nitriles is 1. The lowest BCUT2D eigenvalue weighted by Gasteiger charge is -2.32. The molecule has 0 bridgehead atoms. The minimum atomic E-state index is -0.203. The first kappa shape index (κ1) is 17.8. The number of aromatic nitrogens is 2. The number of nitrogens with zero attached hydrogens (tertiary/aromatic N) is 4. The predicted molar refractivity (Wildman–Crippen MR) is 93.1 cm³/mol. The van der Waals surface area contributed by atoms with Crippen molar-refractivity contribution in [2.24, 2.45) is 0 Å². The molecule has 1 aliphatic heterocycles. The third kappa shape index (κ3) is 4.77. The highest BCUT2D eigenvalue weighted by molar-refractivity contribution is 5.77. The largest absolute Gasteiger partial charge is 0.470 e. The number of benzene rings is 1. The maximum absolute atomic E-state index is 12.4. The zero-order chi connectivity index (χ0) is 18.2. The molecule has 2 heterocycles. The molecular formula is C19H20N4O3. The first-order chi connectivity index (χ1) is 12.8. The second kappa shape index (κ2) is 8.92. The number of amides is 1. The van der Waals surface area contributed by atoms with Gasteiger partial charge in [0, 0.05) is 18.9 Å². The van der Waals surface area contributed by atoms with E-state index in [-0.39, 0.29) is 30.2 Å². The summed E-state index contributed by atoms with van der Waals surface area (Å²) in [7, 11) is 0. The molecule has 1 amide bonds. The molecule has 1 atom stereocenters. The molecule has 1 aromatic carbocycles. The Labute approximate surface area is 152 Å². The van der Waals surface area contributed by atoms with Gasteiger partial charge in [-0.05, 0) is 18.4 Å². The molecule has 26 heavy (non-hydrogen) atoms. The zero-order valence-corrected chi connectivity index (χ0v) is 14.4. The van der Waals surface area contributed by atoms with Crippen LogP contribution in [0.15, 0.2) is 42.7 Å².